The van der Waals surface area contributed by atoms with Crippen LogP contribution in [-0.2, 0) is 6.54 Å². The highest BCUT2D eigenvalue weighted by molar-refractivity contribution is 5.93. The quantitative estimate of drug-likeness (QED) is 0.508. The molecule has 0 atom stereocenters. The maximum Gasteiger partial charge on any atom is 0.278 e. The van der Waals surface area contributed by atoms with Gasteiger partial charge < -0.3 is 15.0 Å². The summed E-state index contributed by atoms with van der Waals surface area (Å²) in [7, 11) is 0. The fourth-order valence-corrected chi connectivity index (χ4v) is 1.90. The first-order chi connectivity index (χ1) is 12.1. The molecule has 2 N–H and O–H groups in total. The van der Waals surface area contributed by atoms with Crippen LogP contribution in [0.25, 0.3) is 0 Å². The molecule has 0 aliphatic rings. The van der Waals surface area contributed by atoms with E-state index in [1.54, 1.807) is 6.92 Å². The topological polar surface area (TPSA) is 154 Å². The van der Waals surface area contributed by atoms with Crippen LogP contribution in [0.3, 0.4) is 0 Å². The third-order valence-corrected chi connectivity index (χ3v) is 3.11. The van der Waals surface area contributed by atoms with E-state index in [0.717, 1.165) is 0 Å². The molecule has 3 heterocycles. The Morgan fingerprint density at radius 2 is 2.32 bits per heavy atom. The fourth-order valence-electron chi connectivity index (χ4n) is 1.90. The minimum atomic E-state index is -0.556. The van der Waals surface area contributed by atoms with Gasteiger partial charge in [-0.05, 0) is 12.1 Å². The molecule has 0 aliphatic carbocycles. The van der Waals surface area contributed by atoms with Crippen molar-refractivity contribution in [2.75, 3.05) is 13.2 Å². The van der Waals surface area contributed by atoms with Crippen molar-refractivity contribution in [3.63, 3.8) is 0 Å². The molecule has 130 valence electrons. The number of ether oxygens (including phenoxy) is 1. The molecule has 0 aliphatic heterocycles. The normalized spacial score (nSPS) is 10.6. The first-order valence-corrected chi connectivity index (χ1v) is 7.24. The molecule has 0 fully saturated rings. The SMILES string of the molecule is Cc1nonc1OCCNC(=O)c1cnc(Cn2cncn2)[nH]c1=O. The van der Waals surface area contributed by atoms with Gasteiger partial charge in [0, 0.05) is 6.20 Å². The number of hydrogen-bond acceptors (Lipinski definition) is 9. The molecule has 1 amide bonds. The molecular formula is C13H14N8O4. The number of amides is 1. The van der Waals surface area contributed by atoms with Crippen LogP contribution < -0.4 is 15.6 Å². The van der Waals surface area contributed by atoms with E-state index in [1.807, 2.05) is 0 Å². The summed E-state index contributed by atoms with van der Waals surface area (Å²) in [6.07, 6.45) is 4.08. The first kappa shape index (κ1) is 16.3. The summed E-state index contributed by atoms with van der Waals surface area (Å²) in [5.74, 6) is 0.0651. The number of hydrogen-bond donors (Lipinski definition) is 2. The third-order valence-electron chi connectivity index (χ3n) is 3.11. The molecule has 3 aromatic rings. The summed E-state index contributed by atoms with van der Waals surface area (Å²) in [5, 5.41) is 13.6. The molecule has 0 radical (unpaired) electrons. The summed E-state index contributed by atoms with van der Waals surface area (Å²) in [4.78, 5) is 34.4. The lowest BCUT2D eigenvalue weighted by molar-refractivity contribution is 0.0944. The monoisotopic (exact) mass is 346 g/mol. The number of aryl methyl sites for hydroxylation is 1. The van der Waals surface area contributed by atoms with E-state index in [9.17, 15) is 9.59 Å². The highest BCUT2D eigenvalue weighted by Crippen LogP contribution is 2.09. The Labute approximate surface area is 140 Å². The maximum atomic E-state index is 12.0. The van der Waals surface area contributed by atoms with Crippen molar-refractivity contribution in [1.82, 2.24) is 40.4 Å². The summed E-state index contributed by atoms with van der Waals surface area (Å²) in [6.45, 7) is 2.24. The van der Waals surface area contributed by atoms with Crippen LogP contribution in [0, 0.1) is 6.92 Å². The number of nitrogens with one attached hydrogen (secondary N) is 2. The van der Waals surface area contributed by atoms with E-state index in [4.69, 9.17) is 4.74 Å². The van der Waals surface area contributed by atoms with Gasteiger partial charge in [-0.3, -0.25) is 9.59 Å². The van der Waals surface area contributed by atoms with Gasteiger partial charge >= 0.3 is 0 Å². The Kier molecular flexibility index (Phi) is 4.78. The predicted octanol–water partition coefficient (Wildman–Crippen LogP) is -1.09. The summed E-state index contributed by atoms with van der Waals surface area (Å²) in [5.41, 5.74) is -0.128. The molecule has 0 spiro atoms. The molecule has 0 unspecified atom stereocenters. The minimum Gasteiger partial charge on any atom is -0.472 e. The van der Waals surface area contributed by atoms with Crippen molar-refractivity contribution in [3.05, 3.63) is 46.3 Å². The number of aromatic amines is 1. The van der Waals surface area contributed by atoms with Crippen molar-refractivity contribution in [2.24, 2.45) is 0 Å². The third kappa shape index (κ3) is 4.04. The molecular weight excluding hydrogens is 332 g/mol. The van der Waals surface area contributed by atoms with Crippen molar-refractivity contribution >= 4 is 5.91 Å². The van der Waals surface area contributed by atoms with E-state index >= 15 is 0 Å². The second-order valence-electron chi connectivity index (χ2n) is 4.92. The highest BCUT2D eigenvalue weighted by Gasteiger charge is 2.12. The van der Waals surface area contributed by atoms with Gasteiger partial charge in [-0.1, -0.05) is 5.16 Å². The summed E-state index contributed by atoms with van der Waals surface area (Å²) in [6, 6.07) is 0. The molecule has 0 saturated heterocycles. The Bertz CT molecular complexity index is 901. The minimum absolute atomic E-state index is 0.0957. The van der Waals surface area contributed by atoms with Crippen molar-refractivity contribution in [2.45, 2.75) is 13.5 Å². The lowest BCUT2D eigenvalue weighted by Gasteiger charge is -2.06. The number of aromatic nitrogens is 7. The van der Waals surface area contributed by atoms with Crippen LogP contribution >= 0.6 is 0 Å². The predicted molar refractivity (Wildman–Crippen MR) is 80.8 cm³/mol. The van der Waals surface area contributed by atoms with Crippen molar-refractivity contribution < 1.29 is 14.2 Å². The van der Waals surface area contributed by atoms with E-state index in [-0.39, 0.29) is 31.1 Å². The molecule has 0 saturated carbocycles. The van der Waals surface area contributed by atoms with Crippen molar-refractivity contribution in [3.8, 4) is 5.88 Å². The molecule has 25 heavy (non-hydrogen) atoms. The second-order valence-corrected chi connectivity index (χ2v) is 4.92. The van der Waals surface area contributed by atoms with Crippen LogP contribution in [0.5, 0.6) is 5.88 Å². The average molecular weight is 346 g/mol. The number of H-pyrrole nitrogens is 1. The van der Waals surface area contributed by atoms with Gasteiger partial charge in [0.15, 0.2) is 0 Å². The molecule has 12 nitrogen and oxygen atoms in total. The lowest BCUT2D eigenvalue weighted by atomic mass is 10.3. The van der Waals surface area contributed by atoms with Crippen molar-refractivity contribution in [1.29, 1.82) is 0 Å². The Balaban J connectivity index is 1.53. The van der Waals surface area contributed by atoms with Crippen LogP contribution in [0.1, 0.15) is 21.9 Å². The molecule has 3 rings (SSSR count). The second kappa shape index (κ2) is 7.33. The number of rotatable bonds is 7. The largest absolute Gasteiger partial charge is 0.472 e. The van der Waals surface area contributed by atoms with Gasteiger partial charge in [0.1, 0.15) is 42.9 Å². The molecule has 0 bridgehead atoms. The van der Waals surface area contributed by atoms with Gasteiger partial charge in [-0.15, -0.1) is 0 Å². The summed E-state index contributed by atoms with van der Waals surface area (Å²) >= 11 is 0. The zero-order chi connectivity index (χ0) is 17.6. The molecule has 3 aromatic heterocycles. The van der Waals surface area contributed by atoms with Gasteiger partial charge in [0.25, 0.3) is 17.3 Å². The van der Waals surface area contributed by atoms with E-state index in [2.05, 4.69) is 40.3 Å². The summed E-state index contributed by atoms with van der Waals surface area (Å²) < 4.78 is 11.2. The number of carbonyl (C=O) groups excluding carboxylic acids is 1. The van der Waals surface area contributed by atoms with E-state index in [0.29, 0.717) is 11.5 Å². The van der Waals surface area contributed by atoms with Crippen LogP contribution in [0.4, 0.5) is 0 Å². The van der Waals surface area contributed by atoms with Gasteiger partial charge in [0.05, 0.1) is 6.54 Å². The van der Waals surface area contributed by atoms with E-state index < -0.39 is 11.5 Å². The smallest absolute Gasteiger partial charge is 0.278 e. The number of carbonyl (C=O) groups is 1. The highest BCUT2D eigenvalue weighted by atomic mass is 16.6. The van der Waals surface area contributed by atoms with E-state index in [1.165, 1.54) is 23.5 Å². The molecule has 0 aromatic carbocycles. The number of nitrogens with zero attached hydrogens (tertiary/aromatic N) is 6. The lowest BCUT2D eigenvalue weighted by Crippen LogP contribution is -2.33. The van der Waals surface area contributed by atoms with Gasteiger partial charge in [0.2, 0.25) is 0 Å². The van der Waals surface area contributed by atoms with Gasteiger partial charge in [-0.25, -0.2) is 19.3 Å². The van der Waals surface area contributed by atoms with Crippen LogP contribution in [0.15, 0.2) is 28.3 Å². The standard InChI is InChI=1S/C13H14N8O4/c1-8-13(20-25-19-8)24-3-2-15-11(22)9-4-16-10(18-12(9)23)5-21-7-14-6-17-21/h4,6-7H,2-3,5H2,1H3,(H,15,22)(H,16,18,23). The fraction of sp³-hybridized carbons (Fsp3) is 0.308. The molecule has 12 heteroatoms. The van der Waals surface area contributed by atoms with Crippen LogP contribution in [-0.4, -0.2) is 54.1 Å². The Morgan fingerprint density at radius 1 is 1.44 bits per heavy atom. The zero-order valence-electron chi connectivity index (χ0n) is 13.2. The van der Waals surface area contributed by atoms with Crippen LogP contribution in [0.2, 0.25) is 0 Å². The maximum absolute atomic E-state index is 12.0. The average Bonchev–Trinajstić information content (AvgIpc) is 3.23. The zero-order valence-corrected chi connectivity index (χ0v) is 13.2. The van der Waals surface area contributed by atoms with Gasteiger partial charge in [-0.2, -0.15) is 5.10 Å². The Morgan fingerprint density at radius 3 is 3.00 bits per heavy atom. The first-order valence-electron chi connectivity index (χ1n) is 7.24. The Hall–Kier alpha value is -3.57.